The Hall–Kier alpha value is -4.90. The van der Waals surface area contributed by atoms with Crippen LogP contribution in [0.1, 0.15) is 16.7 Å². The maximum Gasteiger partial charge on any atom is 0.269 e. The minimum Gasteiger partial charge on any atom is -0.497 e. The number of methoxy groups -OCH3 is 1. The van der Waals surface area contributed by atoms with Crippen LogP contribution in [-0.4, -0.2) is 22.4 Å². The molecule has 0 aliphatic heterocycles. The fraction of sp³-hybridized carbons (Fsp3) is 0.111. The maximum absolute atomic E-state index is 13.4. The van der Waals surface area contributed by atoms with Gasteiger partial charge in [0, 0.05) is 12.7 Å². The van der Waals surface area contributed by atoms with E-state index in [1.165, 1.54) is 10.5 Å². The third-order valence-corrected chi connectivity index (χ3v) is 5.27. The molecule has 8 nitrogen and oxygen atoms in total. The number of ether oxygens (including phenoxy) is 2. The van der Waals surface area contributed by atoms with Crippen LogP contribution in [0.4, 0.5) is 0 Å². The Morgan fingerprint density at radius 2 is 1.80 bits per heavy atom. The summed E-state index contributed by atoms with van der Waals surface area (Å²) in [6.07, 6.45) is 2.79. The zero-order valence-electron chi connectivity index (χ0n) is 19.2. The van der Waals surface area contributed by atoms with Gasteiger partial charge in [-0.25, -0.2) is 0 Å². The number of nitrogens with one attached hydrogen (secondary N) is 1. The van der Waals surface area contributed by atoms with Crippen LogP contribution >= 0.6 is 0 Å². The second kappa shape index (κ2) is 10.4. The highest BCUT2D eigenvalue weighted by Gasteiger charge is 2.18. The minimum atomic E-state index is -0.611. The topological polar surface area (TPSA) is 106 Å². The average Bonchev–Trinajstić information content (AvgIpc) is 2.89. The first kappa shape index (κ1) is 23.3. The lowest BCUT2D eigenvalue weighted by Crippen LogP contribution is -2.25. The number of amides is 1. The summed E-state index contributed by atoms with van der Waals surface area (Å²) >= 11 is 0. The lowest BCUT2D eigenvalue weighted by atomic mass is 10.1. The molecule has 0 bridgehead atoms. The van der Waals surface area contributed by atoms with Crippen molar-refractivity contribution in [3.8, 4) is 23.4 Å². The number of hydrogen-bond donors (Lipinski definition) is 1. The average molecular weight is 466 g/mol. The van der Waals surface area contributed by atoms with E-state index in [1.54, 1.807) is 43.6 Å². The van der Waals surface area contributed by atoms with Crippen molar-refractivity contribution in [3.05, 3.63) is 106 Å². The number of nitriles is 1. The molecule has 0 atom stereocenters. The monoisotopic (exact) mass is 466 g/mol. The van der Waals surface area contributed by atoms with Gasteiger partial charge in [0.25, 0.3) is 11.5 Å². The molecule has 174 valence electrons. The molecule has 0 spiro atoms. The number of benzene rings is 2. The first-order chi connectivity index (χ1) is 17.0. The van der Waals surface area contributed by atoms with Gasteiger partial charge in [0.05, 0.1) is 7.11 Å². The van der Waals surface area contributed by atoms with E-state index in [2.05, 4.69) is 10.3 Å². The molecular weight excluding hydrogens is 444 g/mol. The molecule has 4 rings (SSSR count). The van der Waals surface area contributed by atoms with Gasteiger partial charge in [-0.05, 0) is 54.5 Å². The van der Waals surface area contributed by atoms with E-state index in [4.69, 9.17) is 9.47 Å². The van der Waals surface area contributed by atoms with E-state index in [9.17, 15) is 14.9 Å². The van der Waals surface area contributed by atoms with E-state index >= 15 is 0 Å². The Balaban J connectivity index is 1.76. The molecule has 1 amide bonds. The molecule has 0 saturated carbocycles. The van der Waals surface area contributed by atoms with Crippen molar-refractivity contribution in [2.45, 2.75) is 13.5 Å². The smallest absolute Gasteiger partial charge is 0.269 e. The standard InChI is InChI=1S/C27H22N4O4/c1-18-7-6-14-31-24(18)30-26(35-22-12-10-21(34-2)11-13-22)23(27(31)33)15-20(16-28)25(32)29-17-19-8-4-3-5-9-19/h3-15H,17H2,1-2H3,(H,29,32)/b20-15+. The normalized spacial score (nSPS) is 11.1. The summed E-state index contributed by atoms with van der Waals surface area (Å²) in [7, 11) is 1.56. The summed E-state index contributed by atoms with van der Waals surface area (Å²) in [5, 5.41) is 12.4. The molecule has 8 heteroatoms. The number of aryl methyl sites for hydroxylation is 1. The number of rotatable bonds is 7. The fourth-order valence-electron chi connectivity index (χ4n) is 3.42. The van der Waals surface area contributed by atoms with Crippen LogP contribution in [0, 0.1) is 18.3 Å². The Morgan fingerprint density at radius 1 is 1.09 bits per heavy atom. The van der Waals surface area contributed by atoms with Crippen LogP contribution in [0.2, 0.25) is 0 Å². The van der Waals surface area contributed by atoms with Crippen LogP contribution < -0.4 is 20.3 Å². The Morgan fingerprint density at radius 3 is 2.49 bits per heavy atom. The van der Waals surface area contributed by atoms with Gasteiger partial charge in [-0.2, -0.15) is 10.2 Å². The van der Waals surface area contributed by atoms with Crippen molar-refractivity contribution in [2.24, 2.45) is 0 Å². The molecule has 0 aliphatic rings. The van der Waals surface area contributed by atoms with Gasteiger partial charge in [0.1, 0.15) is 34.4 Å². The molecule has 2 aromatic heterocycles. The van der Waals surface area contributed by atoms with Gasteiger partial charge in [-0.3, -0.25) is 14.0 Å². The number of pyridine rings is 1. The van der Waals surface area contributed by atoms with Crippen LogP contribution in [0.5, 0.6) is 17.4 Å². The number of hydrogen-bond acceptors (Lipinski definition) is 6. The summed E-state index contributed by atoms with van der Waals surface area (Å²) in [4.78, 5) is 30.7. The van der Waals surface area contributed by atoms with Gasteiger partial charge in [0.2, 0.25) is 5.88 Å². The summed E-state index contributed by atoms with van der Waals surface area (Å²) in [6, 6.07) is 21.5. The van der Waals surface area contributed by atoms with E-state index in [0.717, 1.165) is 11.1 Å². The molecule has 1 N–H and O–H groups in total. The van der Waals surface area contributed by atoms with Crippen LogP contribution in [0.25, 0.3) is 11.7 Å². The SMILES string of the molecule is COc1ccc(Oc2nc3c(C)cccn3c(=O)c2/C=C(\C#N)C(=O)NCc2ccccc2)cc1. The van der Waals surface area contributed by atoms with Crippen LogP contribution in [-0.2, 0) is 11.3 Å². The number of carbonyl (C=O) groups is 1. The largest absolute Gasteiger partial charge is 0.497 e. The van der Waals surface area contributed by atoms with E-state index in [-0.39, 0.29) is 23.6 Å². The lowest BCUT2D eigenvalue weighted by molar-refractivity contribution is -0.117. The predicted molar refractivity (Wildman–Crippen MR) is 131 cm³/mol. The zero-order valence-corrected chi connectivity index (χ0v) is 19.2. The van der Waals surface area contributed by atoms with Crippen molar-refractivity contribution < 1.29 is 14.3 Å². The van der Waals surface area contributed by atoms with E-state index < -0.39 is 11.5 Å². The minimum absolute atomic E-state index is 0.0157. The number of fused-ring (bicyclic) bond motifs is 1. The number of nitrogens with zero attached hydrogens (tertiary/aromatic N) is 3. The third kappa shape index (κ3) is 5.20. The molecule has 0 radical (unpaired) electrons. The van der Waals surface area contributed by atoms with Gasteiger partial charge >= 0.3 is 0 Å². The van der Waals surface area contributed by atoms with Gasteiger partial charge in [0.15, 0.2) is 0 Å². The third-order valence-electron chi connectivity index (χ3n) is 5.27. The van der Waals surface area contributed by atoms with Crippen molar-refractivity contribution in [2.75, 3.05) is 7.11 Å². The van der Waals surface area contributed by atoms with Crippen molar-refractivity contribution in [1.82, 2.24) is 14.7 Å². The second-order valence-electron chi connectivity index (χ2n) is 7.64. The maximum atomic E-state index is 13.4. The second-order valence-corrected chi connectivity index (χ2v) is 7.64. The van der Waals surface area contributed by atoms with Crippen LogP contribution in [0.15, 0.2) is 83.3 Å². The first-order valence-electron chi connectivity index (χ1n) is 10.8. The molecule has 4 aromatic rings. The first-order valence-corrected chi connectivity index (χ1v) is 10.8. The molecule has 0 aliphatic carbocycles. The quantitative estimate of drug-likeness (QED) is 0.326. The Kier molecular flexibility index (Phi) is 6.88. The van der Waals surface area contributed by atoms with Crippen molar-refractivity contribution in [1.29, 1.82) is 5.26 Å². The highest BCUT2D eigenvalue weighted by Crippen LogP contribution is 2.26. The molecule has 2 heterocycles. The molecule has 0 saturated heterocycles. The summed E-state index contributed by atoms with van der Waals surface area (Å²) in [6.45, 7) is 2.06. The highest BCUT2D eigenvalue weighted by molar-refractivity contribution is 6.01. The molecule has 0 unspecified atom stereocenters. The number of carbonyl (C=O) groups excluding carboxylic acids is 1. The van der Waals surface area contributed by atoms with Crippen molar-refractivity contribution >= 4 is 17.6 Å². The Labute approximate surface area is 201 Å². The van der Waals surface area contributed by atoms with E-state index in [0.29, 0.717) is 17.1 Å². The molecule has 2 aromatic carbocycles. The van der Waals surface area contributed by atoms with Gasteiger partial charge in [-0.1, -0.05) is 36.4 Å². The van der Waals surface area contributed by atoms with Gasteiger partial charge < -0.3 is 14.8 Å². The number of aromatic nitrogens is 2. The summed E-state index contributed by atoms with van der Waals surface area (Å²) in [5.74, 6) is 0.428. The molecule has 35 heavy (non-hydrogen) atoms. The molecule has 0 fully saturated rings. The summed E-state index contributed by atoms with van der Waals surface area (Å²) < 4.78 is 12.5. The lowest BCUT2D eigenvalue weighted by Gasteiger charge is -2.12. The van der Waals surface area contributed by atoms with Crippen molar-refractivity contribution in [3.63, 3.8) is 0 Å². The summed E-state index contributed by atoms with van der Waals surface area (Å²) in [5.41, 5.74) is 1.32. The highest BCUT2D eigenvalue weighted by atomic mass is 16.5. The van der Waals surface area contributed by atoms with E-state index in [1.807, 2.05) is 49.4 Å². The zero-order chi connectivity index (χ0) is 24.8. The van der Waals surface area contributed by atoms with Crippen LogP contribution in [0.3, 0.4) is 0 Å². The molecular formula is C27H22N4O4. The Bertz CT molecular complexity index is 1500. The van der Waals surface area contributed by atoms with Gasteiger partial charge in [-0.15, -0.1) is 0 Å². The predicted octanol–water partition coefficient (Wildman–Crippen LogP) is 4.03. The fourth-order valence-corrected chi connectivity index (χ4v) is 3.42.